The molecular formula is C27H26N2O4. The Labute approximate surface area is 193 Å². The average Bonchev–Trinajstić information content (AvgIpc) is 3.05. The number of ketones is 1. The Morgan fingerprint density at radius 3 is 2.27 bits per heavy atom. The summed E-state index contributed by atoms with van der Waals surface area (Å²) in [5.41, 5.74) is 5.06. The first-order chi connectivity index (χ1) is 15.7. The molecule has 0 bridgehead atoms. The number of benzene rings is 2. The first kappa shape index (κ1) is 22.3. The Morgan fingerprint density at radius 2 is 1.67 bits per heavy atom. The highest BCUT2D eigenvalue weighted by Crippen LogP contribution is 2.42. The van der Waals surface area contributed by atoms with Gasteiger partial charge in [-0.2, -0.15) is 0 Å². The summed E-state index contributed by atoms with van der Waals surface area (Å²) in [6.07, 6.45) is 1.61. The third-order valence-electron chi connectivity index (χ3n) is 5.89. The minimum Gasteiger partial charge on any atom is -0.507 e. The van der Waals surface area contributed by atoms with E-state index in [0.29, 0.717) is 22.7 Å². The number of ether oxygens (including phenoxy) is 1. The van der Waals surface area contributed by atoms with Crippen LogP contribution in [-0.4, -0.2) is 28.9 Å². The molecule has 1 aliphatic heterocycles. The second-order valence-corrected chi connectivity index (χ2v) is 8.41. The van der Waals surface area contributed by atoms with E-state index in [-0.39, 0.29) is 11.3 Å². The van der Waals surface area contributed by atoms with Crippen LogP contribution in [0.15, 0.2) is 60.3 Å². The van der Waals surface area contributed by atoms with Gasteiger partial charge in [0, 0.05) is 17.4 Å². The van der Waals surface area contributed by atoms with E-state index >= 15 is 0 Å². The quantitative estimate of drug-likeness (QED) is 0.351. The number of aryl methyl sites for hydroxylation is 4. The molecule has 2 heterocycles. The first-order valence-electron chi connectivity index (χ1n) is 10.7. The zero-order valence-corrected chi connectivity index (χ0v) is 19.3. The molecule has 1 amide bonds. The number of rotatable bonds is 4. The predicted molar refractivity (Wildman–Crippen MR) is 127 cm³/mol. The van der Waals surface area contributed by atoms with Gasteiger partial charge in [0.05, 0.1) is 18.4 Å². The summed E-state index contributed by atoms with van der Waals surface area (Å²) in [5, 5.41) is 11.4. The summed E-state index contributed by atoms with van der Waals surface area (Å²) in [6.45, 7) is 7.56. The van der Waals surface area contributed by atoms with Crippen molar-refractivity contribution in [1.29, 1.82) is 0 Å². The number of anilines is 1. The Hall–Kier alpha value is -3.93. The number of carbonyl (C=O) groups is 2. The molecule has 0 spiro atoms. The molecule has 2 aromatic carbocycles. The van der Waals surface area contributed by atoms with Crippen LogP contribution in [0.3, 0.4) is 0 Å². The van der Waals surface area contributed by atoms with Gasteiger partial charge in [-0.15, -0.1) is 0 Å². The molecule has 3 aromatic rings. The maximum absolute atomic E-state index is 13.3. The summed E-state index contributed by atoms with van der Waals surface area (Å²) in [6, 6.07) is 13.8. The van der Waals surface area contributed by atoms with Crippen LogP contribution in [0.1, 0.15) is 39.6 Å². The van der Waals surface area contributed by atoms with E-state index < -0.39 is 17.7 Å². The lowest BCUT2D eigenvalue weighted by Crippen LogP contribution is -2.30. The number of aliphatic hydroxyl groups excluding tert-OH is 1. The van der Waals surface area contributed by atoms with Gasteiger partial charge in [0.1, 0.15) is 17.6 Å². The number of amides is 1. The van der Waals surface area contributed by atoms with Gasteiger partial charge < -0.3 is 9.84 Å². The number of methoxy groups -OCH3 is 1. The molecule has 4 rings (SSSR count). The van der Waals surface area contributed by atoms with Crippen molar-refractivity contribution in [3.8, 4) is 5.75 Å². The zero-order valence-electron chi connectivity index (χ0n) is 19.3. The van der Waals surface area contributed by atoms with E-state index in [1.54, 1.807) is 43.6 Å². The van der Waals surface area contributed by atoms with E-state index in [9.17, 15) is 14.7 Å². The Morgan fingerprint density at radius 1 is 0.970 bits per heavy atom. The number of aliphatic hydroxyl groups is 1. The molecule has 6 heteroatoms. The summed E-state index contributed by atoms with van der Waals surface area (Å²) < 4.78 is 5.37. The van der Waals surface area contributed by atoms with Gasteiger partial charge in [0.2, 0.25) is 0 Å². The molecule has 6 nitrogen and oxygen atoms in total. The Kier molecular flexibility index (Phi) is 5.77. The first-order valence-corrected chi connectivity index (χ1v) is 10.7. The monoisotopic (exact) mass is 442 g/mol. The highest BCUT2D eigenvalue weighted by molar-refractivity contribution is 6.51. The van der Waals surface area contributed by atoms with Gasteiger partial charge in [-0.05, 0) is 86.3 Å². The van der Waals surface area contributed by atoms with Crippen molar-refractivity contribution in [2.24, 2.45) is 0 Å². The summed E-state index contributed by atoms with van der Waals surface area (Å²) in [5.74, 6) is -0.976. The van der Waals surface area contributed by atoms with Crippen LogP contribution in [-0.2, 0) is 9.59 Å². The average molecular weight is 443 g/mol. The number of pyridine rings is 1. The Balaban J connectivity index is 1.98. The molecular weight excluding hydrogens is 416 g/mol. The number of aromatic nitrogens is 1. The molecule has 0 aliphatic carbocycles. The second-order valence-electron chi connectivity index (χ2n) is 8.41. The van der Waals surface area contributed by atoms with Crippen LogP contribution < -0.4 is 9.64 Å². The number of nitrogens with zero attached hydrogens (tertiary/aromatic N) is 2. The fraction of sp³-hybridized carbons (Fsp3) is 0.222. The number of hydrogen-bond acceptors (Lipinski definition) is 5. The molecule has 1 atom stereocenters. The van der Waals surface area contributed by atoms with Crippen molar-refractivity contribution >= 4 is 23.1 Å². The van der Waals surface area contributed by atoms with Crippen LogP contribution in [0, 0.1) is 27.7 Å². The predicted octanol–water partition coefficient (Wildman–Crippen LogP) is 4.95. The SMILES string of the molecule is COc1cc(C)c(/C(O)=C2\C(=O)C(=O)N(c3cc(C)cc(C)c3)C2c2ccccn2)cc1C. The highest BCUT2D eigenvalue weighted by atomic mass is 16.5. The van der Waals surface area contributed by atoms with Crippen molar-refractivity contribution in [2.75, 3.05) is 12.0 Å². The maximum atomic E-state index is 13.3. The molecule has 0 radical (unpaired) electrons. The van der Waals surface area contributed by atoms with Crippen LogP contribution in [0.25, 0.3) is 5.76 Å². The summed E-state index contributed by atoms with van der Waals surface area (Å²) >= 11 is 0. The molecule has 1 N–H and O–H groups in total. The maximum Gasteiger partial charge on any atom is 0.300 e. The molecule has 1 fully saturated rings. The zero-order chi connectivity index (χ0) is 23.9. The third kappa shape index (κ3) is 3.89. The van der Waals surface area contributed by atoms with Crippen LogP contribution in [0.2, 0.25) is 0 Å². The van der Waals surface area contributed by atoms with Crippen molar-refractivity contribution in [3.63, 3.8) is 0 Å². The van der Waals surface area contributed by atoms with Gasteiger partial charge in [0.15, 0.2) is 0 Å². The van der Waals surface area contributed by atoms with Crippen molar-refractivity contribution in [3.05, 3.63) is 93.8 Å². The smallest absolute Gasteiger partial charge is 0.300 e. The van der Waals surface area contributed by atoms with E-state index in [2.05, 4.69) is 4.98 Å². The minimum atomic E-state index is -0.853. The minimum absolute atomic E-state index is 0.0190. The lowest BCUT2D eigenvalue weighted by atomic mass is 9.95. The van der Waals surface area contributed by atoms with Crippen molar-refractivity contribution < 1.29 is 19.4 Å². The van der Waals surface area contributed by atoms with Crippen LogP contribution >= 0.6 is 0 Å². The number of hydrogen-bond donors (Lipinski definition) is 1. The van der Waals surface area contributed by atoms with Gasteiger partial charge in [-0.3, -0.25) is 19.5 Å². The van der Waals surface area contributed by atoms with Gasteiger partial charge in [-0.1, -0.05) is 12.1 Å². The fourth-order valence-electron chi connectivity index (χ4n) is 4.42. The Bertz CT molecular complexity index is 1270. The van der Waals surface area contributed by atoms with Gasteiger partial charge >= 0.3 is 0 Å². The normalized spacial score (nSPS) is 17.5. The van der Waals surface area contributed by atoms with Gasteiger partial charge in [0.25, 0.3) is 11.7 Å². The van der Waals surface area contributed by atoms with Crippen molar-refractivity contribution in [1.82, 2.24) is 4.98 Å². The standard InChI is InChI=1S/C27H26N2O4/c1-15-10-16(2)12-19(11-15)29-24(21-8-6-7-9-28-21)23(26(31)27(29)32)25(30)20-13-18(4)22(33-5)14-17(20)3/h6-14,24,30H,1-5H3/b25-23+. The van der Waals surface area contributed by atoms with E-state index in [1.165, 1.54) is 4.90 Å². The third-order valence-corrected chi connectivity index (χ3v) is 5.89. The van der Waals surface area contributed by atoms with E-state index in [0.717, 1.165) is 22.3 Å². The highest BCUT2D eigenvalue weighted by Gasteiger charge is 2.47. The van der Waals surface area contributed by atoms with Crippen LogP contribution in [0.4, 0.5) is 5.69 Å². The largest absolute Gasteiger partial charge is 0.507 e. The summed E-state index contributed by atoms with van der Waals surface area (Å²) in [7, 11) is 1.58. The topological polar surface area (TPSA) is 79.7 Å². The number of carbonyl (C=O) groups excluding carboxylic acids is 2. The molecule has 33 heavy (non-hydrogen) atoms. The lowest BCUT2D eigenvalue weighted by Gasteiger charge is -2.25. The van der Waals surface area contributed by atoms with Crippen LogP contribution in [0.5, 0.6) is 5.75 Å². The molecule has 1 saturated heterocycles. The van der Waals surface area contributed by atoms with E-state index in [1.807, 2.05) is 45.9 Å². The molecule has 1 unspecified atom stereocenters. The second kappa shape index (κ2) is 8.54. The van der Waals surface area contributed by atoms with E-state index in [4.69, 9.17) is 4.74 Å². The summed E-state index contributed by atoms with van der Waals surface area (Å²) in [4.78, 5) is 32.5. The molecule has 1 aromatic heterocycles. The van der Waals surface area contributed by atoms with Crippen molar-refractivity contribution in [2.45, 2.75) is 33.7 Å². The molecule has 168 valence electrons. The molecule has 1 aliphatic rings. The number of Topliss-reactive ketones (excluding diaryl/α,β-unsaturated/α-hetero) is 1. The van der Waals surface area contributed by atoms with Gasteiger partial charge in [-0.25, -0.2) is 0 Å². The molecule has 0 saturated carbocycles. The lowest BCUT2D eigenvalue weighted by molar-refractivity contribution is -0.132. The fourth-order valence-corrected chi connectivity index (χ4v) is 4.42.